The summed E-state index contributed by atoms with van der Waals surface area (Å²) in [5, 5.41) is 0. The minimum absolute atomic E-state index is 0.0493. The molecule has 0 unspecified atom stereocenters. The number of nitrogens with zero attached hydrogens (tertiary/aromatic N) is 3. The summed E-state index contributed by atoms with van der Waals surface area (Å²) >= 11 is 0. The van der Waals surface area contributed by atoms with Gasteiger partial charge in [0, 0.05) is 24.4 Å². The minimum atomic E-state index is -5.00. The Morgan fingerprint density at radius 1 is 1.10 bits per heavy atom. The van der Waals surface area contributed by atoms with E-state index in [0.29, 0.717) is 45.2 Å². The number of anilines is 1. The van der Waals surface area contributed by atoms with Crippen molar-refractivity contribution in [3.63, 3.8) is 0 Å². The standard InChI is InChI=1S/C24H27F7N4O4S/c1-38-21-18(34-40(36,37)14-24(29,30)31)10-15(11-32-21)20-17(25)2-3-19(33-20)39-16-4-6-22(7-5-16)8-9-35(12-22)13-23(26,27)28/h2-3,10-11,16,34H,4-9,12-14H2,1H3. The van der Waals surface area contributed by atoms with Gasteiger partial charge in [-0.3, -0.25) is 9.62 Å². The van der Waals surface area contributed by atoms with Crippen molar-refractivity contribution in [2.24, 2.45) is 5.41 Å². The SMILES string of the molecule is COc1ncc(-c2nc(OC3CCC4(CC3)CCN(CC(F)(F)F)C4)ccc2F)cc1NS(=O)(=O)CC(F)(F)F. The van der Waals surface area contributed by atoms with Crippen LogP contribution in [0.15, 0.2) is 24.4 Å². The van der Waals surface area contributed by atoms with Crippen molar-refractivity contribution >= 4 is 15.7 Å². The third-order valence-electron chi connectivity index (χ3n) is 6.96. The molecule has 2 fully saturated rings. The number of methoxy groups -OCH3 is 1. The first kappa shape index (κ1) is 30.1. The normalized spacial score (nSPS) is 22.4. The van der Waals surface area contributed by atoms with E-state index in [1.807, 2.05) is 0 Å². The summed E-state index contributed by atoms with van der Waals surface area (Å²) in [6.07, 6.45) is -5.26. The van der Waals surface area contributed by atoms with E-state index in [1.54, 1.807) is 4.72 Å². The van der Waals surface area contributed by atoms with E-state index in [-0.39, 0.29) is 34.5 Å². The van der Waals surface area contributed by atoms with Crippen LogP contribution in [-0.4, -0.2) is 74.2 Å². The molecular formula is C24H27F7N4O4S. The summed E-state index contributed by atoms with van der Waals surface area (Å²) in [5.74, 6) is -3.25. The highest BCUT2D eigenvalue weighted by atomic mass is 32.2. The van der Waals surface area contributed by atoms with Gasteiger partial charge in [0.15, 0.2) is 5.75 Å². The molecule has 4 rings (SSSR count). The van der Waals surface area contributed by atoms with E-state index >= 15 is 0 Å². The zero-order chi connectivity index (χ0) is 29.3. The molecule has 1 aliphatic heterocycles. The number of sulfonamides is 1. The van der Waals surface area contributed by atoms with Crippen LogP contribution in [0, 0.1) is 11.2 Å². The maximum Gasteiger partial charge on any atom is 0.404 e. The summed E-state index contributed by atoms with van der Waals surface area (Å²) in [6, 6.07) is 3.42. The molecule has 0 bridgehead atoms. The molecule has 1 spiro atoms. The number of halogens is 7. The van der Waals surface area contributed by atoms with E-state index in [4.69, 9.17) is 9.47 Å². The number of nitrogens with one attached hydrogen (secondary N) is 1. The van der Waals surface area contributed by atoms with Crippen molar-refractivity contribution in [2.75, 3.05) is 37.2 Å². The molecule has 1 saturated carbocycles. The van der Waals surface area contributed by atoms with Gasteiger partial charge in [0.2, 0.25) is 21.8 Å². The van der Waals surface area contributed by atoms with Crippen LogP contribution >= 0.6 is 0 Å². The molecule has 0 radical (unpaired) electrons. The Morgan fingerprint density at radius 3 is 2.42 bits per heavy atom. The number of pyridine rings is 2. The van der Waals surface area contributed by atoms with Crippen LogP contribution in [0.1, 0.15) is 32.1 Å². The predicted octanol–water partition coefficient (Wildman–Crippen LogP) is 5.17. The first-order valence-electron chi connectivity index (χ1n) is 12.3. The lowest BCUT2D eigenvalue weighted by Gasteiger charge is -2.37. The van der Waals surface area contributed by atoms with Crippen LogP contribution in [-0.2, 0) is 10.0 Å². The lowest BCUT2D eigenvalue weighted by molar-refractivity contribution is -0.144. The topological polar surface area (TPSA) is 93.7 Å². The fraction of sp³-hybridized carbons (Fsp3) is 0.583. The van der Waals surface area contributed by atoms with Crippen LogP contribution < -0.4 is 14.2 Å². The largest absolute Gasteiger partial charge is 0.480 e. The van der Waals surface area contributed by atoms with Gasteiger partial charge in [-0.2, -0.15) is 26.3 Å². The number of aromatic nitrogens is 2. The third-order valence-corrected chi connectivity index (χ3v) is 8.20. The Hall–Kier alpha value is -2.88. The van der Waals surface area contributed by atoms with Gasteiger partial charge in [-0.05, 0) is 56.2 Å². The van der Waals surface area contributed by atoms with Crippen LogP contribution in [0.5, 0.6) is 11.8 Å². The fourth-order valence-electron chi connectivity index (χ4n) is 5.25. The molecule has 8 nitrogen and oxygen atoms in total. The second kappa shape index (κ2) is 11.2. The van der Waals surface area contributed by atoms with Crippen molar-refractivity contribution < 1.29 is 48.6 Å². The third kappa shape index (κ3) is 7.86. The molecule has 40 heavy (non-hydrogen) atoms. The highest BCUT2D eigenvalue weighted by Gasteiger charge is 2.44. The van der Waals surface area contributed by atoms with E-state index < -0.39 is 46.2 Å². The lowest BCUT2D eigenvalue weighted by atomic mass is 9.72. The van der Waals surface area contributed by atoms with Gasteiger partial charge in [0.1, 0.15) is 23.3 Å². The quantitative estimate of drug-likeness (QED) is 0.418. The Labute approximate surface area is 225 Å². The van der Waals surface area contributed by atoms with E-state index in [9.17, 15) is 39.2 Å². The van der Waals surface area contributed by atoms with Gasteiger partial charge < -0.3 is 9.47 Å². The van der Waals surface area contributed by atoms with E-state index in [0.717, 1.165) is 25.4 Å². The van der Waals surface area contributed by atoms with Crippen LogP contribution in [0.4, 0.5) is 36.4 Å². The van der Waals surface area contributed by atoms with Gasteiger partial charge in [-0.25, -0.2) is 22.8 Å². The highest BCUT2D eigenvalue weighted by Crippen LogP contribution is 2.45. The monoisotopic (exact) mass is 600 g/mol. The Balaban J connectivity index is 1.45. The maximum absolute atomic E-state index is 14.7. The van der Waals surface area contributed by atoms with Gasteiger partial charge >= 0.3 is 12.4 Å². The van der Waals surface area contributed by atoms with Gasteiger partial charge in [0.25, 0.3) is 0 Å². The molecule has 1 N–H and O–H groups in total. The molecule has 16 heteroatoms. The average Bonchev–Trinajstić information content (AvgIpc) is 3.20. The zero-order valence-electron chi connectivity index (χ0n) is 21.3. The summed E-state index contributed by atoms with van der Waals surface area (Å²) in [4.78, 5) is 9.45. The molecule has 2 aromatic rings. The number of hydrogen-bond acceptors (Lipinski definition) is 7. The number of alkyl halides is 6. The second-order valence-corrected chi connectivity index (χ2v) is 11.9. The minimum Gasteiger partial charge on any atom is -0.480 e. The summed E-state index contributed by atoms with van der Waals surface area (Å²) in [7, 11) is -3.75. The maximum atomic E-state index is 14.7. The second-order valence-electron chi connectivity index (χ2n) is 10.1. The Morgan fingerprint density at radius 2 is 1.80 bits per heavy atom. The average molecular weight is 601 g/mol. The molecule has 1 saturated heterocycles. The number of hydrogen-bond donors (Lipinski definition) is 1. The Kier molecular flexibility index (Phi) is 8.41. The number of rotatable bonds is 8. The van der Waals surface area contributed by atoms with E-state index in [2.05, 4.69) is 9.97 Å². The molecule has 1 aliphatic carbocycles. The van der Waals surface area contributed by atoms with Crippen LogP contribution in [0.3, 0.4) is 0 Å². The lowest BCUT2D eigenvalue weighted by Crippen LogP contribution is -2.37. The van der Waals surface area contributed by atoms with Gasteiger partial charge in [-0.15, -0.1) is 0 Å². The summed E-state index contributed by atoms with van der Waals surface area (Å²) < 4.78 is 128. The van der Waals surface area contributed by atoms with E-state index in [1.165, 1.54) is 11.0 Å². The first-order chi connectivity index (χ1) is 18.6. The first-order valence-corrected chi connectivity index (χ1v) is 13.9. The van der Waals surface area contributed by atoms with Crippen molar-refractivity contribution in [2.45, 2.75) is 50.6 Å². The number of ether oxygens (including phenoxy) is 2. The summed E-state index contributed by atoms with van der Waals surface area (Å²) in [6.45, 7) is -0.168. The summed E-state index contributed by atoms with van der Waals surface area (Å²) in [5.41, 5.74) is -0.969. The Bertz CT molecular complexity index is 1310. The molecule has 2 aromatic heterocycles. The molecular weight excluding hydrogens is 573 g/mol. The molecule has 0 amide bonds. The predicted molar refractivity (Wildman–Crippen MR) is 130 cm³/mol. The zero-order valence-corrected chi connectivity index (χ0v) is 22.1. The van der Waals surface area contributed by atoms with Gasteiger partial charge in [-0.1, -0.05) is 0 Å². The smallest absolute Gasteiger partial charge is 0.404 e. The van der Waals surface area contributed by atoms with Crippen LogP contribution in [0.25, 0.3) is 11.3 Å². The van der Waals surface area contributed by atoms with Gasteiger partial charge in [0.05, 0.1) is 13.7 Å². The molecule has 3 heterocycles. The van der Waals surface area contributed by atoms with Crippen LogP contribution in [0.2, 0.25) is 0 Å². The van der Waals surface area contributed by atoms with Crippen molar-refractivity contribution in [1.29, 1.82) is 0 Å². The van der Waals surface area contributed by atoms with Crippen molar-refractivity contribution in [1.82, 2.24) is 14.9 Å². The fourth-order valence-corrected chi connectivity index (χ4v) is 6.23. The van der Waals surface area contributed by atoms with Crippen molar-refractivity contribution in [3.8, 4) is 23.0 Å². The number of likely N-dealkylation sites (tertiary alicyclic amines) is 1. The molecule has 2 aliphatic rings. The molecule has 222 valence electrons. The highest BCUT2D eigenvalue weighted by molar-refractivity contribution is 7.92. The molecule has 0 atom stereocenters. The van der Waals surface area contributed by atoms with Crippen molar-refractivity contribution in [3.05, 3.63) is 30.2 Å². The molecule has 0 aromatic carbocycles.